The Labute approximate surface area is 116 Å². The van der Waals surface area contributed by atoms with Crippen molar-refractivity contribution >= 4 is 16.5 Å². The number of ether oxygens (including phenoxy) is 1. The number of aryl methyl sites for hydroxylation is 1. The van der Waals surface area contributed by atoms with Gasteiger partial charge in [0.15, 0.2) is 5.13 Å². The van der Waals surface area contributed by atoms with Gasteiger partial charge in [0.05, 0.1) is 17.7 Å². The molecule has 7 heteroatoms. The Kier molecular flexibility index (Phi) is 4.39. The first-order chi connectivity index (χ1) is 9.10. The molecule has 2 rings (SSSR count). The average Bonchev–Trinajstić information content (AvgIpc) is 2.96. The molecule has 0 aliphatic carbocycles. The van der Waals surface area contributed by atoms with Gasteiger partial charge in [0.2, 0.25) is 5.88 Å². The Balaban J connectivity index is 1.95. The highest BCUT2D eigenvalue weighted by Crippen LogP contribution is 2.30. The number of anilines is 1. The van der Waals surface area contributed by atoms with Gasteiger partial charge in [0.25, 0.3) is 0 Å². The smallest absolute Gasteiger partial charge is 0.230 e. The van der Waals surface area contributed by atoms with Gasteiger partial charge in [0, 0.05) is 33.3 Å². The Morgan fingerprint density at radius 2 is 2.21 bits per heavy atom. The summed E-state index contributed by atoms with van der Waals surface area (Å²) in [5.41, 5.74) is 0.897. The Bertz CT molecular complexity index is 536. The summed E-state index contributed by atoms with van der Waals surface area (Å²) >= 11 is 1.62. The lowest BCUT2D eigenvalue weighted by molar-refractivity contribution is 0.386. The molecule has 19 heavy (non-hydrogen) atoms. The van der Waals surface area contributed by atoms with Crippen LogP contribution in [0.3, 0.4) is 0 Å². The van der Waals surface area contributed by atoms with E-state index in [2.05, 4.69) is 15.5 Å². The van der Waals surface area contributed by atoms with Crippen molar-refractivity contribution < 1.29 is 9.26 Å². The van der Waals surface area contributed by atoms with Crippen molar-refractivity contribution in [1.29, 1.82) is 0 Å². The van der Waals surface area contributed by atoms with Crippen LogP contribution in [0, 0.1) is 6.92 Å². The highest BCUT2D eigenvalue weighted by atomic mass is 32.1. The van der Waals surface area contributed by atoms with Crippen molar-refractivity contribution in [2.24, 2.45) is 0 Å². The fourth-order valence-electron chi connectivity index (χ4n) is 1.59. The molecule has 0 atom stereocenters. The van der Waals surface area contributed by atoms with Crippen molar-refractivity contribution in [3.63, 3.8) is 0 Å². The van der Waals surface area contributed by atoms with Crippen molar-refractivity contribution in [1.82, 2.24) is 15.5 Å². The zero-order valence-electron chi connectivity index (χ0n) is 11.6. The molecule has 0 spiro atoms. The summed E-state index contributed by atoms with van der Waals surface area (Å²) in [6, 6.07) is 1.92. The number of thiazole rings is 1. The molecular formula is C12H18N4O2S. The predicted octanol–water partition coefficient (Wildman–Crippen LogP) is 1.80. The van der Waals surface area contributed by atoms with Gasteiger partial charge >= 0.3 is 0 Å². The minimum absolute atomic E-state index is 0.662. The molecule has 0 unspecified atom stereocenters. The quantitative estimate of drug-likeness (QED) is 0.871. The summed E-state index contributed by atoms with van der Waals surface area (Å²) in [7, 11) is 5.57. The number of aromatic nitrogens is 2. The summed E-state index contributed by atoms with van der Waals surface area (Å²) in [4.78, 5) is 7.45. The van der Waals surface area contributed by atoms with Crippen molar-refractivity contribution in [3.05, 3.63) is 22.4 Å². The second kappa shape index (κ2) is 6.03. The first-order valence-electron chi connectivity index (χ1n) is 5.94. The lowest BCUT2D eigenvalue weighted by Gasteiger charge is -2.04. The molecule has 2 aromatic rings. The summed E-state index contributed by atoms with van der Waals surface area (Å²) in [6.07, 6.45) is 0. The molecule has 0 aliphatic rings. The first kappa shape index (κ1) is 13.8. The third-order valence-corrected chi connectivity index (χ3v) is 3.70. The number of nitrogens with one attached hydrogen (secondary N) is 1. The molecule has 0 saturated carbocycles. The molecule has 104 valence electrons. The summed E-state index contributed by atoms with van der Waals surface area (Å²) in [5, 5.41) is 8.18. The Hall–Kier alpha value is -1.60. The monoisotopic (exact) mass is 282 g/mol. The maximum absolute atomic E-state index is 5.28. The molecule has 0 amide bonds. The van der Waals surface area contributed by atoms with E-state index in [0.29, 0.717) is 19.0 Å². The third kappa shape index (κ3) is 3.45. The van der Waals surface area contributed by atoms with Gasteiger partial charge in [-0.1, -0.05) is 16.5 Å². The molecule has 0 saturated heterocycles. The van der Waals surface area contributed by atoms with Crippen LogP contribution in [0.2, 0.25) is 0 Å². The van der Waals surface area contributed by atoms with Crippen LogP contribution >= 0.6 is 11.3 Å². The molecule has 0 aliphatic heterocycles. The van der Waals surface area contributed by atoms with Crippen LogP contribution in [-0.4, -0.2) is 31.3 Å². The average molecular weight is 282 g/mol. The first-order valence-corrected chi connectivity index (χ1v) is 6.75. The molecule has 6 nitrogen and oxygen atoms in total. The second-order valence-electron chi connectivity index (χ2n) is 4.36. The van der Waals surface area contributed by atoms with E-state index in [4.69, 9.17) is 9.26 Å². The molecule has 2 aromatic heterocycles. The molecular weight excluding hydrogens is 264 g/mol. The van der Waals surface area contributed by atoms with E-state index in [-0.39, 0.29) is 0 Å². The van der Waals surface area contributed by atoms with E-state index < -0.39 is 0 Å². The SMILES string of the molecule is COc1nc(N(C)C)sc1CNCc1cc(C)on1. The van der Waals surface area contributed by atoms with E-state index in [1.807, 2.05) is 32.0 Å². The van der Waals surface area contributed by atoms with Crippen LogP contribution in [0.25, 0.3) is 0 Å². The Morgan fingerprint density at radius 3 is 2.79 bits per heavy atom. The fourth-order valence-corrected chi connectivity index (χ4v) is 2.52. The standard InChI is InChI=1S/C12H18N4O2S/c1-8-5-9(15-18-8)6-13-7-10-11(17-4)14-12(19-10)16(2)3/h5,13H,6-7H2,1-4H3. The highest BCUT2D eigenvalue weighted by molar-refractivity contribution is 7.15. The third-order valence-electron chi connectivity index (χ3n) is 2.49. The van der Waals surface area contributed by atoms with E-state index in [1.54, 1.807) is 18.4 Å². The van der Waals surface area contributed by atoms with Crippen LogP contribution in [0.4, 0.5) is 5.13 Å². The lowest BCUT2D eigenvalue weighted by Crippen LogP contribution is -2.12. The van der Waals surface area contributed by atoms with Crippen LogP contribution in [0.5, 0.6) is 5.88 Å². The van der Waals surface area contributed by atoms with E-state index in [0.717, 1.165) is 21.5 Å². The number of rotatable bonds is 6. The molecule has 0 aromatic carbocycles. The van der Waals surface area contributed by atoms with Crippen molar-refractivity contribution in [3.8, 4) is 5.88 Å². The van der Waals surface area contributed by atoms with Gasteiger partial charge in [-0.25, -0.2) is 0 Å². The van der Waals surface area contributed by atoms with Gasteiger partial charge in [-0.15, -0.1) is 0 Å². The van der Waals surface area contributed by atoms with E-state index in [9.17, 15) is 0 Å². The Morgan fingerprint density at radius 1 is 1.42 bits per heavy atom. The van der Waals surface area contributed by atoms with Crippen molar-refractivity contribution in [2.45, 2.75) is 20.0 Å². The summed E-state index contributed by atoms with van der Waals surface area (Å²) < 4.78 is 10.3. The topological polar surface area (TPSA) is 63.4 Å². The van der Waals surface area contributed by atoms with E-state index in [1.165, 1.54) is 0 Å². The maximum atomic E-state index is 5.28. The largest absolute Gasteiger partial charge is 0.480 e. The van der Waals surface area contributed by atoms with Crippen molar-refractivity contribution in [2.75, 3.05) is 26.1 Å². The lowest BCUT2D eigenvalue weighted by atomic mass is 10.4. The number of hydrogen-bond acceptors (Lipinski definition) is 7. The molecule has 2 heterocycles. The maximum Gasteiger partial charge on any atom is 0.230 e. The highest BCUT2D eigenvalue weighted by Gasteiger charge is 2.12. The van der Waals surface area contributed by atoms with Gasteiger partial charge in [0.1, 0.15) is 5.76 Å². The van der Waals surface area contributed by atoms with Gasteiger partial charge in [-0.3, -0.25) is 0 Å². The number of nitrogens with zero attached hydrogens (tertiary/aromatic N) is 3. The van der Waals surface area contributed by atoms with Gasteiger partial charge in [-0.2, -0.15) is 4.98 Å². The zero-order valence-corrected chi connectivity index (χ0v) is 12.4. The second-order valence-corrected chi connectivity index (χ2v) is 5.42. The minimum atomic E-state index is 0.662. The van der Waals surface area contributed by atoms with E-state index >= 15 is 0 Å². The molecule has 1 N–H and O–H groups in total. The predicted molar refractivity (Wildman–Crippen MR) is 74.8 cm³/mol. The van der Waals surface area contributed by atoms with Crippen LogP contribution < -0.4 is 15.0 Å². The van der Waals surface area contributed by atoms with Gasteiger partial charge < -0.3 is 19.5 Å². The minimum Gasteiger partial charge on any atom is -0.480 e. The molecule has 0 radical (unpaired) electrons. The van der Waals surface area contributed by atoms with Crippen LogP contribution in [0.1, 0.15) is 16.3 Å². The van der Waals surface area contributed by atoms with Crippen LogP contribution in [-0.2, 0) is 13.1 Å². The normalized spacial score (nSPS) is 10.7. The van der Waals surface area contributed by atoms with Crippen LogP contribution in [0.15, 0.2) is 10.6 Å². The molecule has 0 bridgehead atoms. The fraction of sp³-hybridized carbons (Fsp3) is 0.500. The summed E-state index contributed by atoms with van der Waals surface area (Å²) in [6.45, 7) is 3.24. The summed E-state index contributed by atoms with van der Waals surface area (Å²) in [5.74, 6) is 1.50. The number of methoxy groups -OCH3 is 1. The number of hydrogen-bond donors (Lipinski definition) is 1. The molecule has 0 fully saturated rings. The zero-order chi connectivity index (χ0) is 13.8. The van der Waals surface area contributed by atoms with Gasteiger partial charge in [-0.05, 0) is 6.92 Å².